The standard InChI is InChI=1S/C18H21NO2/c1-4-19(16-10-7-8-14(2)12-16)13-15-9-5-6-11-17(15)18(20)21-3/h5-12H,4,13H2,1-3H3. The molecule has 3 heteroatoms. The fourth-order valence-corrected chi connectivity index (χ4v) is 2.38. The second-order valence-corrected chi connectivity index (χ2v) is 5.00. The van der Waals surface area contributed by atoms with Crippen molar-refractivity contribution in [3.05, 3.63) is 65.2 Å². The maximum atomic E-state index is 11.9. The summed E-state index contributed by atoms with van der Waals surface area (Å²) in [5.41, 5.74) is 4.00. The normalized spacial score (nSPS) is 10.2. The van der Waals surface area contributed by atoms with Gasteiger partial charge in [-0.25, -0.2) is 4.79 Å². The van der Waals surface area contributed by atoms with Crippen molar-refractivity contribution >= 4 is 11.7 Å². The zero-order chi connectivity index (χ0) is 15.2. The van der Waals surface area contributed by atoms with E-state index in [1.165, 1.54) is 12.7 Å². The van der Waals surface area contributed by atoms with Crippen LogP contribution in [0.15, 0.2) is 48.5 Å². The highest BCUT2D eigenvalue weighted by Gasteiger charge is 2.13. The van der Waals surface area contributed by atoms with Crippen molar-refractivity contribution in [3.63, 3.8) is 0 Å². The average Bonchev–Trinajstić information content (AvgIpc) is 2.52. The zero-order valence-corrected chi connectivity index (χ0v) is 12.8. The van der Waals surface area contributed by atoms with E-state index in [1.807, 2.05) is 24.3 Å². The third kappa shape index (κ3) is 3.63. The summed E-state index contributed by atoms with van der Waals surface area (Å²) < 4.78 is 4.86. The fraction of sp³-hybridized carbons (Fsp3) is 0.278. The molecule has 110 valence electrons. The summed E-state index contributed by atoms with van der Waals surface area (Å²) >= 11 is 0. The van der Waals surface area contributed by atoms with E-state index in [1.54, 1.807) is 0 Å². The van der Waals surface area contributed by atoms with Gasteiger partial charge in [0.05, 0.1) is 12.7 Å². The monoisotopic (exact) mass is 283 g/mol. The molecule has 0 amide bonds. The minimum Gasteiger partial charge on any atom is -0.465 e. The van der Waals surface area contributed by atoms with Gasteiger partial charge < -0.3 is 9.64 Å². The molecular formula is C18H21NO2. The summed E-state index contributed by atoms with van der Waals surface area (Å²) in [6, 6.07) is 16.0. The lowest BCUT2D eigenvalue weighted by Gasteiger charge is -2.24. The highest BCUT2D eigenvalue weighted by molar-refractivity contribution is 5.91. The Morgan fingerprint density at radius 1 is 1.14 bits per heavy atom. The Hall–Kier alpha value is -2.29. The molecule has 0 aliphatic heterocycles. The maximum absolute atomic E-state index is 11.9. The topological polar surface area (TPSA) is 29.5 Å². The van der Waals surface area contributed by atoms with Crippen LogP contribution in [0.2, 0.25) is 0 Å². The van der Waals surface area contributed by atoms with Gasteiger partial charge in [0, 0.05) is 18.8 Å². The molecule has 0 fully saturated rings. The molecule has 0 heterocycles. The Kier molecular flexibility index (Phi) is 4.99. The fourth-order valence-electron chi connectivity index (χ4n) is 2.38. The molecule has 0 N–H and O–H groups in total. The van der Waals surface area contributed by atoms with Gasteiger partial charge in [-0.1, -0.05) is 30.3 Å². The number of methoxy groups -OCH3 is 1. The maximum Gasteiger partial charge on any atom is 0.338 e. The van der Waals surface area contributed by atoms with Crippen LogP contribution in [-0.2, 0) is 11.3 Å². The quantitative estimate of drug-likeness (QED) is 0.782. The van der Waals surface area contributed by atoms with Crippen LogP contribution in [-0.4, -0.2) is 19.6 Å². The van der Waals surface area contributed by atoms with Crippen molar-refractivity contribution in [2.45, 2.75) is 20.4 Å². The lowest BCUT2D eigenvalue weighted by molar-refractivity contribution is 0.0599. The van der Waals surface area contributed by atoms with E-state index in [0.717, 1.165) is 17.8 Å². The third-order valence-corrected chi connectivity index (χ3v) is 3.53. The smallest absolute Gasteiger partial charge is 0.338 e. The molecule has 0 saturated heterocycles. The number of hydrogen-bond acceptors (Lipinski definition) is 3. The van der Waals surface area contributed by atoms with E-state index in [9.17, 15) is 4.79 Å². The molecule has 0 radical (unpaired) electrons. The first-order valence-electron chi connectivity index (χ1n) is 7.13. The predicted octanol–water partition coefficient (Wildman–Crippen LogP) is 3.81. The van der Waals surface area contributed by atoms with Crippen LogP contribution in [0.25, 0.3) is 0 Å². The number of nitrogens with zero attached hydrogens (tertiary/aromatic N) is 1. The first-order chi connectivity index (χ1) is 10.2. The molecular weight excluding hydrogens is 262 g/mol. The highest BCUT2D eigenvalue weighted by Crippen LogP contribution is 2.20. The molecule has 0 saturated carbocycles. The van der Waals surface area contributed by atoms with Crippen LogP contribution in [0.5, 0.6) is 0 Å². The molecule has 2 aromatic carbocycles. The molecule has 21 heavy (non-hydrogen) atoms. The third-order valence-electron chi connectivity index (χ3n) is 3.53. The van der Waals surface area contributed by atoms with E-state index in [0.29, 0.717) is 12.1 Å². The van der Waals surface area contributed by atoms with Gasteiger partial charge in [-0.2, -0.15) is 0 Å². The lowest BCUT2D eigenvalue weighted by Crippen LogP contribution is -2.23. The molecule has 2 aromatic rings. The number of benzene rings is 2. The van der Waals surface area contributed by atoms with Gasteiger partial charge in [-0.15, -0.1) is 0 Å². The summed E-state index contributed by atoms with van der Waals surface area (Å²) in [5.74, 6) is -0.286. The molecule has 2 rings (SSSR count). The Morgan fingerprint density at radius 2 is 1.90 bits per heavy atom. The summed E-state index contributed by atoms with van der Waals surface area (Å²) in [7, 11) is 1.41. The van der Waals surface area contributed by atoms with Gasteiger partial charge in [-0.3, -0.25) is 0 Å². The van der Waals surface area contributed by atoms with Crippen molar-refractivity contribution in [1.82, 2.24) is 0 Å². The molecule has 0 aliphatic rings. The van der Waals surface area contributed by atoms with Gasteiger partial charge in [0.15, 0.2) is 0 Å². The van der Waals surface area contributed by atoms with Gasteiger partial charge in [0.25, 0.3) is 0 Å². The van der Waals surface area contributed by atoms with Crippen LogP contribution in [0.1, 0.15) is 28.4 Å². The first kappa shape index (κ1) is 15.1. The largest absolute Gasteiger partial charge is 0.465 e. The SMILES string of the molecule is CCN(Cc1ccccc1C(=O)OC)c1cccc(C)c1. The van der Waals surface area contributed by atoms with Gasteiger partial charge in [0.2, 0.25) is 0 Å². The van der Waals surface area contributed by atoms with Crippen LogP contribution >= 0.6 is 0 Å². The minimum atomic E-state index is -0.286. The predicted molar refractivity (Wildman–Crippen MR) is 85.7 cm³/mol. The van der Waals surface area contributed by atoms with Gasteiger partial charge in [0.1, 0.15) is 0 Å². The Bertz CT molecular complexity index is 622. The van der Waals surface area contributed by atoms with Crippen LogP contribution in [0, 0.1) is 6.92 Å². The van der Waals surface area contributed by atoms with E-state index in [2.05, 4.69) is 43.0 Å². The Labute approximate surface area is 126 Å². The molecule has 0 aliphatic carbocycles. The van der Waals surface area contributed by atoms with Crippen molar-refractivity contribution in [3.8, 4) is 0 Å². The number of rotatable bonds is 5. The summed E-state index contributed by atoms with van der Waals surface area (Å²) in [5, 5.41) is 0. The molecule has 0 spiro atoms. The zero-order valence-electron chi connectivity index (χ0n) is 12.8. The number of esters is 1. The van der Waals surface area contributed by atoms with Crippen molar-refractivity contribution in [2.24, 2.45) is 0 Å². The highest BCUT2D eigenvalue weighted by atomic mass is 16.5. The van der Waals surface area contributed by atoms with Gasteiger partial charge in [-0.05, 0) is 43.2 Å². The second kappa shape index (κ2) is 6.93. The number of carbonyl (C=O) groups is 1. The summed E-state index contributed by atoms with van der Waals surface area (Å²) in [6.07, 6.45) is 0. The molecule has 0 bridgehead atoms. The average molecular weight is 283 g/mol. The molecule has 0 unspecified atom stereocenters. The Balaban J connectivity index is 2.29. The minimum absolute atomic E-state index is 0.286. The summed E-state index contributed by atoms with van der Waals surface area (Å²) in [4.78, 5) is 14.1. The number of ether oxygens (including phenoxy) is 1. The molecule has 0 atom stereocenters. The van der Waals surface area contributed by atoms with E-state index in [-0.39, 0.29) is 5.97 Å². The number of anilines is 1. The van der Waals surface area contributed by atoms with E-state index >= 15 is 0 Å². The van der Waals surface area contributed by atoms with Crippen molar-refractivity contribution in [2.75, 3.05) is 18.6 Å². The number of hydrogen-bond donors (Lipinski definition) is 0. The van der Waals surface area contributed by atoms with Crippen molar-refractivity contribution in [1.29, 1.82) is 0 Å². The molecule has 0 aromatic heterocycles. The van der Waals surface area contributed by atoms with Crippen LogP contribution in [0.4, 0.5) is 5.69 Å². The van der Waals surface area contributed by atoms with Crippen LogP contribution < -0.4 is 4.90 Å². The number of carbonyl (C=O) groups excluding carboxylic acids is 1. The Morgan fingerprint density at radius 3 is 2.57 bits per heavy atom. The van der Waals surface area contributed by atoms with Gasteiger partial charge >= 0.3 is 5.97 Å². The lowest BCUT2D eigenvalue weighted by atomic mass is 10.1. The summed E-state index contributed by atoms with van der Waals surface area (Å²) in [6.45, 7) is 5.76. The van der Waals surface area contributed by atoms with E-state index in [4.69, 9.17) is 4.74 Å². The second-order valence-electron chi connectivity index (χ2n) is 5.00. The van der Waals surface area contributed by atoms with E-state index < -0.39 is 0 Å². The van der Waals surface area contributed by atoms with Crippen molar-refractivity contribution < 1.29 is 9.53 Å². The molecule has 3 nitrogen and oxygen atoms in total. The first-order valence-corrected chi connectivity index (χ1v) is 7.13. The van der Waals surface area contributed by atoms with Crippen LogP contribution in [0.3, 0.4) is 0 Å². The number of aryl methyl sites for hydroxylation is 1.